The van der Waals surface area contributed by atoms with Crippen LogP contribution in [0.4, 0.5) is 11.4 Å². The molecule has 1 unspecified atom stereocenters. The lowest BCUT2D eigenvalue weighted by molar-refractivity contribution is -0.137. The molecule has 0 radical (unpaired) electrons. The Bertz CT molecular complexity index is 989. The molecule has 1 saturated heterocycles. The Balaban J connectivity index is 1.39. The number of carbonyl (C=O) groups is 4. The van der Waals surface area contributed by atoms with Crippen LogP contribution in [-0.4, -0.2) is 41.1 Å². The van der Waals surface area contributed by atoms with Gasteiger partial charge in [-0.25, -0.2) is 0 Å². The highest BCUT2D eigenvalue weighted by Gasteiger charge is 2.39. The Kier molecular flexibility index (Phi) is 4.99. The Morgan fingerprint density at radius 3 is 2.62 bits per heavy atom. The highest BCUT2D eigenvalue weighted by molar-refractivity contribution is 6.05. The van der Waals surface area contributed by atoms with Gasteiger partial charge in [0.15, 0.2) is 0 Å². The van der Waals surface area contributed by atoms with Crippen LogP contribution in [0.2, 0.25) is 0 Å². The van der Waals surface area contributed by atoms with Crippen LogP contribution in [-0.2, 0) is 20.9 Å². The summed E-state index contributed by atoms with van der Waals surface area (Å²) in [6.45, 7) is 0.383. The first-order chi connectivity index (χ1) is 14.0. The van der Waals surface area contributed by atoms with Crippen LogP contribution in [0, 0.1) is 0 Å². The molecule has 4 amide bonds. The van der Waals surface area contributed by atoms with Gasteiger partial charge in [-0.1, -0.05) is 24.3 Å². The molecule has 0 aromatic heterocycles. The fourth-order valence-corrected chi connectivity index (χ4v) is 3.57. The van der Waals surface area contributed by atoms with E-state index in [-0.39, 0.29) is 30.7 Å². The molecule has 0 bridgehead atoms. The number of anilines is 2. The van der Waals surface area contributed by atoms with Crippen molar-refractivity contribution < 1.29 is 19.2 Å². The van der Waals surface area contributed by atoms with Crippen LogP contribution >= 0.6 is 0 Å². The monoisotopic (exact) mass is 392 g/mol. The molecule has 0 aliphatic carbocycles. The topological polar surface area (TPSA) is 108 Å². The third-order valence-corrected chi connectivity index (χ3v) is 5.04. The number of rotatable bonds is 5. The SMILES string of the molecule is O=C1CCC(N2Cc3ccc(NCC(=O)Nc4ccccc4)cc3C2=O)C(=O)N1. The second-order valence-corrected chi connectivity index (χ2v) is 7.04. The lowest BCUT2D eigenvalue weighted by Crippen LogP contribution is -2.52. The van der Waals surface area contributed by atoms with E-state index >= 15 is 0 Å². The van der Waals surface area contributed by atoms with E-state index in [1.807, 2.05) is 24.3 Å². The summed E-state index contributed by atoms with van der Waals surface area (Å²) in [6, 6.07) is 13.8. The van der Waals surface area contributed by atoms with Crippen molar-refractivity contribution >= 4 is 35.0 Å². The molecule has 29 heavy (non-hydrogen) atoms. The summed E-state index contributed by atoms with van der Waals surface area (Å²) in [6.07, 6.45) is 0.551. The molecule has 8 heteroatoms. The van der Waals surface area contributed by atoms with Crippen molar-refractivity contribution in [3.05, 3.63) is 59.7 Å². The van der Waals surface area contributed by atoms with Gasteiger partial charge >= 0.3 is 0 Å². The van der Waals surface area contributed by atoms with E-state index in [1.165, 1.54) is 4.90 Å². The summed E-state index contributed by atoms with van der Waals surface area (Å²) in [5.74, 6) is -1.19. The number of fused-ring (bicyclic) bond motifs is 1. The average Bonchev–Trinajstić information content (AvgIpc) is 3.03. The second-order valence-electron chi connectivity index (χ2n) is 7.04. The first kappa shape index (κ1) is 18.7. The van der Waals surface area contributed by atoms with Gasteiger partial charge in [-0.2, -0.15) is 0 Å². The molecule has 148 valence electrons. The zero-order chi connectivity index (χ0) is 20.4. The number of para-hydroxylation sites is 1. The molecule has 2 heterocycles. The summed E-state index contributed by atoms with van der Waals surface area (Å²) in [7, 11) is 0. The van der Waals surface area contributed by atoms with Crippen molar-refractivity contribution in [2.75, 3.05) is 17.2 Å². The highest BCUT2D eigenvalue weighted by Crippen LogP contribution is 2.29. The number of amides is 4. The normalized spacial score (nSPS) is 18.3. The number of piperidine rings is 1. The predicted octanol–water partition coefficient (Wildman–Crippen LogP) is 1.50. The number of hydrogen-bond donors (Lipinski definition) is 3. The summed E-state index contributed by atoms with van der Waals surface area (Å²) in [5, 5.41) is 8.09. The van der Waals surface area contributed by atoms with Crippen molar-refractivity contribution in [1.82, 2.24) is 10.2 Å². The minimum atomic E-state index is -0.638. The van der Waals surface area contributed by atoms with Crippen molar-refractivity contribution in [3.63, 3.8) is 0 Å². The zero-order valence-electron chi connectivity index (χ0n) is 15.6. The van der Waals surface area contributed by atoms with Crippen molar-refractivity contribution in [2.45, 2.75) is 25.4 Å². The highest BCUT2D eigenvalue weighted by atomic mass is 16.2. The maximum absolute atomic E-state index is 12.8. The molecule has 0 spiro atoms. The van der Waals surface area contributed by atoms with Crippen LogP contribution in [0.5, 0.6) is 0 Å². The van der Waals surface area contributed by atoms with Gasteiger partial charge in [0.25, 0.3) is 5.91 Å². The van der Waals surface area contributed by atoms with Gasteiger partial charge in [0.2, 0.25) is 17.7 Å². The van der Waals surface area contributed by atoms with Gasteiger partial charge < -0.3 is 15.5 Å². The predicted molar refractivity (Wildman–Crippen MR) is 106 cm³/mol. The van der Waals surface area contributed by atoms with E-state index < -0.39 is 11.9 Å². The number of nitrogens with zero attached hydrogens (tertiary/aromatic N) is 1. The lowest BCUT2D eigenvalue weighted by atomic mass is 10.0. The third kappa shape index (κ3) is 3.96. The average molecular weight is 392 g/mol. The molecule has 2 aliphatic rings. The van der Waals surface area contributed by atoms with Crippen LogP contribution in [0.1, 0.15) is 28.8 Å². The van der Waals surface area contributed by atoms with E-state index in [0.29, 0.717) is 29.9 Å². The van der Waals surface area contributed by atoms with Crippen molar-refractivity contribution in [2.24, 2.45) is 0 Å². The van der Waals surface area contributed by atoms with Gasteiger partial charge in [0.05, 0.1) is 6.54 Å². The molecular weight excluding hydrogens is 372 g/mol. The Hall–Kier alpha value is -3.68. The van der Waals surface area contributed by atoms with Gasteiger partial charge in [-0.15, -0.1) is 0 Å². The van der Waals surface area contributed by atoms with Gasteiger partial charge in [0.1, 0.15) is 6.04 Å². The molecule has 4 rings (SSSR count). The van der Waals surface area contributed by atoms with Gasteiger partial charge in [-0.05, 0) is 36.2 Å². The van der Waals surface area contributed by atoms with Crippen LogP contribution < -0.4 is 16.0 Å². The fraction of sp³-hybridized carbons (Fsp3) is 0.238. The second kappa shape index (κ2) is 7.75. The van der Waals surface area contributed by atoms with E-state index in [1.54, 1.807) is 24.3 Å². The molecule has 2 aromatic rings. The molecule has 2 aliphatic heterocycles. The van der Waals surface area contributed by atoms with Crippen LogP contribution in [0.15, 0.2) is 48.5 Å². The van der Waals surface area contributed by atoms with E-state index in [2.05, 4.69) is 16.0 Å². The van der Waals surface area contributed by atoms with Gasteiger partial charge in [0, 0.05) is 29.9 Å². The third-order valence-electron chi connectivity index (χ3n) is 5.04. The number of benzene rings is 2. The summed E-state index contributed by atoms with van der Waals surface area (Å²) in [4.78, 5) is 49.8. The first-order valence-electron chi connectivity index (χ1n) is 9.37. The van der Waals surface area contributed by atoms with E-state index in [9.17, 15) is 19.2 Å². The first-order valence-corrected chi connectivity index (χ1v) is 9.37. The molecule has 2 aromatic carbocycles. The Morgan fingerprint density at radius 1 is 1.07 bits per heavy atom. The van der Waals surface area contributed by atoms with Crippen LogP contribution in [0.3, 0.4) is 0 Å². The number of carbonyl (C=O) groups excluding carboxylic acids is 4. The minimum Gasteiger partial charge on any atom is -0.376 e. The van der Waals surface area contributed by atoms with Crippen molar-refractivity contribution in [3.8, 4) is 0 Å². The van der Waals surface area contributed by atoms with Crippen LogP contribution in [0.25, 0.3) is 0 Å². The number of nitrogens with one attached hydrogen (secondary N) is 3. The van der Waals surface area contributed by atoms with E-state index in [4.69, 9.17) is 0 Å². The number of imide groups is 1. The van der Waals surface area contributed by atoms with Crippen molar-refractivity contribution in [1.29, 1.82) is 0 Å². The fourth-order valence-electron chi connectivity index (χ4n) is 3.57. The van der Waals surface area contributed by atoms with Gasteiger partial charge in [-0.3, -0.25) is 24.5 Å². The standard InChI is InChI=1S/C21H20N4O4/c26-18-9-8-17(20(28)24-18)25-12-13-6-7-15(10-16(13)21(25)29)22-11-19(27)23-14-4-2-1-3-5-14/h1-7,10,17,22H,8-9,11-12H2,(H,23,27)(H,24,26,28). The number of hydrogen-bond acceptors (Lipinski definition) is 5. The summed E-state index contributed by atoms with van der Waals surface area (Å²) < 4.78 is 0. The molecule has 0 saturated carbocycles. The molecule has 1 atom stereocenters. The smallest absolute Gasteiger partial charge is 0.255 e. The maximum Gasteiger partial charge on any atom is 0.255 e. The quantitative estimate of drug-likeness (QED) is 0.669. The summed E-state index contributed by atoms with van der Waals surface area (Å²) >= 11 is 0. The largest absolute Gasteiger partial charge is 0.376 e. The lowest BCUT2D eigenvalue weighted by Gasteiger charge is -2.29. The Morgan fingerprint density at radius 2 is 1.86 bits per heavy atom. The molecular formula is C21H20N4O4. The molecule has 3 N–H and O–H groups in total. The molecule has 1 fully saturated rings. The molecule has 8 nitrogen and oxygen atoms in total. The Labute approximate surface area is 167 Å². The maximum atomic E-state index is 12.8. The minimum absolute atomic E-state index is 0.0543. The summed E-state index contributed by atoms with van der Waals surface area (Å²) in [5.41, 5.74) is 2.68. The van der Waals surface area contributed by atoms with E-state index in [0.717, 1.165) is 5.56 Å². The zero-order valence-corrected chi connectivity index (χ0v) is 15.6.